The van der Waals surface area contributed by atoms with Crippen LogP contribution >= 0.6 is 0 Å². The lowest BCUT2D eigenvalue weighted by Gasteiger charge is -2.24. The zero-order valence-electron chi connectivity index (χ0n) is 18.2. The SMILES string of the molecule is COc1ccccc1C(C)NC(=O)CN(c1ccc(Oc2ccccc2)cc1)S(C)(=O)=O. The van der Waals surface area contributed by atoms with Crippen LogP contribution < -0.4 is 19.1 Å². The van der Waals surface area contributed by atoms with Crippen LogP contribution in [0.15, 0.2) is 78.9 Å². The summed E-state index contributed by atoms with van der Waals surface area (Å²) in [4.78, 5) is 12.7. The molecule has 168 valence electrons. The molecule has 3 rings (SSSR count). The number of amides is 1. The second kappa shape index (κ2) is 10.2. The number of hydrogen-bond acceptors (Lipinski definition) is 5. The van der Waals surface area contributed by atoms with E-state index in [2.05, 4.69) is 5.32 Å². The second-order valence-corrected chi connectivity index (χ2v) is 9.12. The minimum Gasteiger partial charge on any atom is -0.496 e. The van der Waals surface area contributed by atoms with Crippen LogP contribution in [0.1, 0.15) is 18.5 Å². The largest absolute Gasteiger partial charge is 0.496 e. The summed E-state index contributed by atoms with van der Waals surface area (Å²) in [6.07, 6.45) is 1.07. The molecule has 0 fully saturated rings. The van der Waals surface area contributed by atoms with E-state index in [1.54, 1.807) is 37.4 Å². The number of ether oxygens (including phenoxy) is 2. The maximum Gasteiger partial charge on any atom is 0.241 e. The lowest BCUT2D eigenvalue weighted by molar-refractivity contribution is -0.120. The van der Waals surface area contributed by atoms with E-state index in [0.717, 1.165) is 16.1 Å². The van der Waals surface area contributed by atoms with Gasteiger partial charge >= 0.3 is 0 Å². The van der Waals surface area contributed by atoms with Crippen molar-refractivity contribution in [1.82, 2.24) is 5.32 Å². The third kappa shape index (κ3) is 6.01. The normalized spacial score (nSPS) is 12.0. The van der Waals surface area contributed by atoms with E-state index >= 15 is 0 Å². The summed E-state index contributed by atoms with van der Waals surface area (Å²) in [5, 5.41) is 2.84. The Morgan fingerprint density at radius 1 is 0.938 bits per heavy atom. The molecule has 0 bridgehead atoms. The van der Waals surface area contributed by atoms with Gasteiger partial charge in [0.1, 0.15) is 23.8 Å². The molecular weight excluding hydrogens is 428 g/mol. The van der Waals surface area contributed by atoms with Gasteiger partial charge in [-0.15, -0.1) is 0 Å². The quantitative estimate of drug-likeness (QED) is 0.526. The van der Waals surface area contributed by atoms with Gasteiger partial charge in [-0.05, 0) is 49.4 Å². The topological polar surface area (TPSA) is 84.9 Å². The molecule has 0 aliphatic carbocycles. The first-order valence-electron chi connectivity index (χ1n) is 10.0. The first kappa shape index (κ1) is 23.1. The van der Waals surface area contributed by atoms with E-state index in [-0.39, 0.29) is 12.6 Å². The molecule has 1 unspecified atom stereocenters. The minimum atomic E-state index is -3.69. The van der Waals surface area contributed by atoms with Crippen molar-refractivity contribution in [3.8, 4) is 17.2 Å². The number of rotatable bonds is 9. The van der Waals surface area contributed by atoms with Crippen molar-refractivity contribution < 1.29 is 22.7 Å². The van der Waals surface area contributed by atoms with E-state index in [0.29, 0.717) is 22.9 Å². The average Bonchev–Trinajstić information content (AvgIpc) is 2.78. The van der Waals surface area contributed by atoms with Gasteiger partial charge in [-0.3, -0.25) is 9.10 Å². The van der Waals surface area contributed by atoms with Gasteiger partial charge in [0.2, 0.25) is 15.9 Å². The summed E-state index contributed by atoms with van der Waals surface area (Å²) in [6, 6.07) is 22.8. The van der Waals surface area contributed by atoms with Crippen molar-refractivity contribution in [2.45, 2.75) is 13.0 Å². The van der Waals surface area contributed by atoms with Crippen molar-refractivity contribution >= 4 is 21.6 Å². The van der Waals surface area contributed by atoms with Crippen molar-refractivity contribution in [1.29, 1.82) is 0 Å². The van der Waals surface area contributed by atoms with E-state index in [9.17, 15) is 13.2 Å². The molecular formula is C24H26N2O5S. The molecule has 0 aliphatic rings. The Morgan fingerprint density at radius 2 is 1.53 bits per heavy atom. The fraction of sp³-hybridized carbons (Fsp3) is 0.208. The van der Waals surface area contributed by atoms with Gasteiger partial charge in [-0.25, -0.2) is 8.42 Å². The van der Waals surface area contributed by atoms with E-state index in [1.807, 2.05) is 55.5 Å². The van der Waals surface area contributed by atoms with Gasteiger partial charge in [0.15, 0.2) is 0 Å². The van der Waals surface area contributed by atoms with Crippen LogP contribution in [0.3, 0.4) is 0 Å². The van der Waals surface area contributed by atoms with Gasteiger partial charge in [-0.2, -0.15) is 0 Å². The summed E-state index contributed by atoms with van der Waals surface area (Å²) in [5.74, 6) is 1.44. The number of methoxy groups -OCH3 is 1. The highest BCUT2D eigenvalue weighted by Gasteiger charge is 2.22. The highest BCUT2D eigenvalue weighted by molar-refractivity contribution is 7.92. The second-order valence-electron chi connectivity index (χ2n) is 7.21. The Morgan fingerprint density at radius 3 is 2.16 bits per heavy atom. The lowest BCUT2D eigenvalue weighted by Crippen LogP contribution is -2.41. The Bertz CT molecular complexity index is 1150. The molecule has 0 aliphatic heterocycles. The number of carbonyl (C=O) groups is 1. The van der Waals surface area contributed by atoms with Crippen molar-refractivity contribution in [2.75, 3.05) is 24.2 Å². The maximum absolute atomic E-state index is 12.7. The predicted octanol–water partition coefficient (Wildman–Crippen LogP) is 4.13. The highest BCUT2D eigenvalue weighted by atomic mass is 32.2. The van der Waals surface area contributed by atoms with Crippen LogP contribution in [0.5, 0.6) is 17.2 Å². The Labute approximate surface area is 188 Å². The Balaban J connectivity index is 1.72. The molecule has 0 heterocycles. The molecule has 0 spiro atoms. The number of nitrogens with one attached hydrogen (secondary N) is 1. The molecule has 1 atom stereocenters. The number of para-hydroxylation sites is 2. The Kier molecular flexibility index (Phi) is 7.37. The van der Waals surface area contributed by atoms with E-state index < -0.39 is 15.9 Å². The van der Waals surface area contributed by atoms with E-state index in [4.69, 9.17) is 9.47 Å². The third-order valence-corrected chi connectivity index (χ3v) is 5.91. The summed E-state index contributed by atoms with van der Waals surface area (Å²) in [7, 11) is -2.13. The van der Waals surface area contributed by atoms with Gasteiger partial charge < -0.3 is 14.8 Å². The van der Waals surface area contributed by atoms with Crippen molar-refractivity contribution in [2.24, 2.45) is 0 Å². The number of sulfonamides is 1. The molecule has 1 amide bonds. The van der Waals surface area contributed by atoms with Crippen LogP contribution in [0, 0.1) is 0 Å². The number of benzene rings is 3. The van der Waals surface area contributed by atoms with Gasteiger partial charge in [-0.1, -0.05) is 36.4 Å². The smallest absolute Gasteiger partial charge is 0.241 e. The molecule has 8 heteroatoms. The summed E-state index contributed by atoms with van der Waals surface area (Å²) >= 11 is 0. The monoisotopic (exact) mass is 454 g/mol. The molecule has 7 nitrogen and oxygen atoms in total. The molecule has 32 heavy (non-hydrogen) atoms. The standard InChI is InChI=1S/C24H26N2O5S/c1-18(22-11-7-8-12-23(22)30-2)25-24(27)17-26(32(3,28)29)19-13-15-21(16-14-19)31-20-9-5-4-6-10-20/h4-16,18H,17H2,1-3H3,(H,25,27). The summed E-state index contributed by atoms with van der Waals surface area (Å²) < 4.78 is 36.9. The molecule has 3 aromatic rings. The summed E-state index contributed by atoms with van der Waals surface area (Å²) in [5.41, 5.74) is 1.17. The maximum atomic E-state index is 12.7. The minimum absolute atomic E-state index is 0.350. The van der Waals surface area contributed by atoms with Crippen molar-refractivity contribution in [3.63, 3.8) is 0 Å². The molecule has 1 N–H and O–H groups in total. The number of anilines is 1. The summed E-state index contributed by atoms with van der Waals surface area (Å²) in [6.45, 7) is 1.47. The van der Waals surface area contributed by atoms with E-state index in [1.165, 1.54) is 0 Å². The number of nitrogens with zero attached hydrogens (tertiary/aromatic N) is 1. The van der Waals surface area contributed by atoms with Gasteiger partial charge in [0, 0.05) is 5.56 Å². The molecule has 0 aromatic heterocycles. The molecule has 0 radical (unpaired) electrons. The molecule has 0 saturated carbocycles. The van der Waals surface area contributed by atoms with Gasteiger partial charge in [0.25, 0.3) is 0 Å². The number of carbonyl (C=O) groups excluding carboxylic acids is 1. The zero-order valence-corrected chi connectivity index (χ0v) is 19.0. The van der Waals surface area contributed by atoms with Gasteiger partial charge in [0.05, 0.1) is 25.1 Å². The first-order valence-corrected chi connectivity index (χ1v) is 11.9. The van der Waals surface area contributed by atoms with Crippen LogP contribution in [0.4, 0.5) is 5.69 Å². The fourth-order valence-corrected chi connectivity index (χ4v) is 4.08. The third-order valence-electron chi connectivity index (χ3n) is 4.77. The number of hydrogen-bond donors (Lipinski definition) is 1. The Hall–Kier alpha value is -3.52. The van der Waals surface area contributed by atoms with Crippen LogP contribution in [-0.4, -0.2) is 34.2 Å². The van der Waals surface area contributed by atoms with Crippen LogP contribution in [0.25, 0.3) is 0 Å². The lowest BCUT2D eigenvalue weighted by atomic mass is 10.1. The van der Waals surface area contributed by atoms with Crippen LogP contribution in [-0.2, 0) is 14.8 Å². The van der Waals surface area contributed by atoms with Crippen LogP contribution in [0.2, 0.25) is 0 Å². The zero-order chi connectivity index (χ0) is 23.1. The first-order chi connectivity index (χ1) is 15.3. The molecule has 0 saturated heterocycles. The predicted molar refractivity (Wildman–Crippen MR) is 125 cm³/mol. The van der Waals surface area contributed by atoms with Crippen molar-refractivity contribution in [3.05, 3.63) is 84.4 Å². The average molecular weight is 455 g/mol. The molecule has 3 aromatic carbocycles. The fourth-order valence-electron chi connectivity index (χ4n) is 3.22. The highest BCUT2D eigenvalue weighted by Crippen LogP contribution is 2.26.